The summed E-state index contributed by atoms with van der Waals surface area (Å²) in [6.45, 7) is 6.23. The van der Waals surface area contributed by atoms with Crippen molar-refractivity contribution in [2.45, 2.75) is 13.1 Å². The summed E-state index contributed by atoms with van der Waals surface area (Å²) in [6.07, 6.45) is -4.57. The van der Waals surface area contributed by atoms with Crippen molar-refractivity contribution in [2.24, 2.45) is 0 Å². The topological polar surface area (TPSA) is 61.8 Å². The molecule has 7 nitrogen and oxygen atoms in total. The SMILES string of the molecule is Cc1cc(N2CCOCC2)nc(N2CCN(C(=O)c3ccccc3C(F)(F)F)CC2)n1. The molecule has 10 heteroatoms. The number of carbonyl (C=O) groups is 1. The van der Waals surface area contributed by atoms with Gasteiger partial charge in [0.15, 0.2) is 0 Å². The van der Waals surface area contributed by atoms with Gasteiger partial charge in [0.05, 0.1) is 24.3 Å². The Morgan fingerprint density at radius 1 is 0.968 bits per heavy atom. The molecule has 0 radical (unpaired) electrons. The number of ether oxygens (including phenoxy) is 1. The van der Waals surface area contributed by atoms with E-state index in [9.17, 15) is 18.0 Å². The fraction of sp³-hybridized carbons (Fsp3) is 0.476. The lowest BCUT2D eigenvalue weighted by Crippen LogP contribution is -2.49. The fourth-order valence-electron chi connectivity index (χ4n) is 3.83. The number of aromatic nitrogens is 2. The molecule has 0 spiro atoms. The van der Waals surface area contributed by atoms with Gasteiger partial charge in [0, 0.05) is 51.0 Å². The van der Waals surface area contributed by atoms with Crippen molar-refractivity contribution in [1.82, 2.24) is 14.9 Å². The van der Waals surface area contributed by atoms with Crippen molar-refractivity contribution >= 4 is 17.7 Å². The lowest BCUT2D eigenvalue weighted by molar-refractivity contribution is -0.138. The molecule has 0 N–H and O–H groups in total. The van der Waals surface area contributed by atoms with E-state index in [1.165, 1.54) is 23.1 Å². The monoisotopic (exact) mass is 435 g/mol. The van der Waals surface area contributed by atoms with Crippen LogP contribution in [0.4, 0.5) is 24.9 Å². The number of alkyl halides is 3. The van der Waals surface area contributed by atoms with E-state index in [2.05, 4.69) is 14.9 Å². The molecule has 31 heavy (non-hydrogen) atoms. The lowest BCUT2D eigenvalue weighted by Gasteiger charge is -2.36. The molecule has 0 bridgehead atoms. The molecular formula is C21H24F3N5O2. The summed E-state index contributed by atoms with van der Waals surface area (Å²) >= 11 is 0. The van der Waals surface area contributed by atoms with Gasteiger partial charge >= 0.3 is 6.18 Å². The summed E-state index contributed by atoms with van der Waals surface area (Å²) in [5, 5.41) is 0. The first-order chi connectivity index (χ1) is 14.8. The third-order valence-corrected chi connectivity index (χ3v) is 5.48. The number of rotatable bonds is 3. The van der Waals surface area contributed by atoms with E-state index in [0.29, 0.717) is 45.3 Å². The Balaban J connectivity index is 1.46. The zero-order valence-electron chi connectivity index (χ0n) is 17.2. The third kappa shape index (κ3) is 4.73. The molecule has 2 fully saturated rings. The number of aryl methyl sites for hydroxylation is 1. The second-order valence-electron chi connectivity index (χ2n) is 7.59. The highest BCUT2D eigenvalue weighted by Gasteiger charge is 2.36. The van der Waals surface area contributed by atoms with Gasteiger partial charge in [-0.2, -0.15) is 18.2 Å². The molecular weight excluding hydrogens is 411 g/mol. The van der Waals surface area contributed by atoms with Crippen molar-refractivity contribution < 1.29 is 22.7 Å². The van der Waals surface area contributed by atoms with Crippen LogP contribution in [0, 0.1) is 6.92 Å². The van der Waals surface area contributed by atoms with Gasteiger partial charge in [-0.3, -0.25) is 4.79 Å². The Bertz CT molecular complexity index is 939. The van der Waals surface area contributed by atoms with Crippen LogP contribution in [-0.2, 0) is 10.9 Å². The van der Waals surface area contributed by atoms with Crippen LogP contribution < -0.4 is 9.80 Å². The van der Waals surface area contributed by atoms with E-state index in [1.807, 2.05) is 17.9 Å². The number of hydrogen-bond acceptors (Lipinski definition) is 6. The van der Waals surface area contributed by atoms with Crippen LogP contribution >= 0.6 is 0 Å². The molecule has 1 aromatic heterocycles. The molecule has 166 valence electrons. The Labute approximate surface area is 178 Å². The highest BCUT2D eigenvalue weighted by atomic mass is 19.4. The van der Waals surface area contributed by atoms with Crippen LogP contribution in [0.2, 0.25) is 0 Å². The van der Waals surface area contributed by atoms with Crippen molar-refractivity contribution in [3.8, 4) is 0 Å². The molecule has 1 amide bonds. The number of benzene rings is 1. The molecule has 0 saturated carbocycles. The summed E-state index contributed by atoms with van der Waals surface area (Å²) in [4.78, 5) is 27.6. The quantitative estimate of drug-likeness (QED) is 0.739. The number of halogens is 3. The largest absolute Gasteiger partial charge is 0.417 e. The second kappa shape index (κ2) is 8.70. The number of morpholine rings is 1. The second-order valence-corrected chi connectivity index (χ2v) is 7.59. The van der Waals surface area contributed by atoms with E-state index in [-0.39, 0.29) is 5.56 Å². The van der Waals surface area contributed by atoms with Crippen LogP contribution in [-0.4, -0.2) is 73.3 Å². The zero-order valence-corrected chi connectivity index (χ0v) is 17.2. The van der Waals surface area contributed by atoms with Crippen LogP contribution in [0.15, 0.2) is 30.3 Å². The molecule has 2 aromatic rings. The number of hydrogen-bond donors (Lipinski definition) is 0. The van der Waals surface area contributed by atoms with Gasteiger partial charge in [-0.1, -0.05) is 12.1 Å². The highest BCUT2D eigenvalue weighted by Crippen LogP contribution is 2.32. The van der Waals surface area contributed by atoms with Crippen LogP contribution in [0.3, 0.4) is 0 Å². The summed E-state index contributed by atoms with van der Waals surface area (Å²) in [7, 11) is 0. The summed E-state index contributed by atoms with van der Waals surface area (Å²) in [5.74, 6) is 0.805. The maximum Gasteiger partial charge on any atom is 0.417 e. The maximum absolute atomic E-state index is 13.3. The summed E-state index contributed by atoms with van der Waals surface area (Å²) in [5.41, 5.74) is -0.381. The molecule has 2 aliphatic heterocycles. The summed E-state index contributed by atoms with van der Waals surface area (Å²) in [6, 6.07) is 6.85. The summed E-state index contributed by atoms with van der Waals surface area (Å²) < 4.78 is 45.2. The third-order valence-electron chi connectivity index (χ3n) is 5.48. The van der Waals surface area contributed by atoms with E-state index >= 15 is 0 Å². The first-order valence-corrected chi connectivity index (χ1v) is 10.2. The zero-order chi connectivity index (χ0) is 22.0. The fourth-order valence-corrected chi connectivity index (χ4v) is 3.83. The first kappa shape index (κ1) is 21.4. The molecule has 2 aliphatic rings. The van der Waals surface area contributed by atoms with Crippen molar-refractivity contribution in [2.75, 3.05) is 62.3 Å². The van der Waals surface area contributed by atoms with Gasteiger partial charge in [0.1, 0.15) is 5.82 Å². The minimum Gasteiger partial charge on any atom is -0.378 e. The number of carbonyl (C=O) groups excluding carboxylic acids is 1. The van der Waals surface area contributed by atoms with Gasteiger partial charge in [-0.05, 0) is 19.1 Å². The number of amides is 1. The minimum atomic E-state index is -4.57. The standard InChI is InChI=1S/C21H24F3N5O2/c1-15-14-18(27-10-12-31-13-11-27)26-20(25-15)29-8-6-28(7-9-29)19(30)16-4-2-3-5-17(16)21(22,23)24/h2-5,14H,6-13H2,1H3. The Hall–Kier alpha value is -2.88. The van der Waals surface area contributed by atoms with Gasteiger partial charge in [0.2, 0.25) is 5.95 Å². The number of piperazine rings is 1. The molecule has 1 aromatic carbocycles. The number of nitrogens with zero attached hydrogens (tertiary/aromatic N) is 5. The Morgan fingerprint density at radius 2 is 1.65 bits per heavy atom. The van der Waals surface area contributed by atoms with E-state index < -0.39 is 17.6 Å². The molecule has 0 aliphatic carbocycles. The molecule has 3 heterocycles. The van der Waals surface area contributed by atoms with Gasteiger partial charge in [-0.15, -0.1) is 0 Å². The Morgan fingerprint density at radius 3 is 2.32 bits per heavy atom. The molecule has 2 saturated heterocycles. The number of anilines is 2. The maximum atomic E-state index is 13.3. The van der Waals surface area contributed by atoms with Crippen LogP contribution in [0.5, 0.6) is 0 Å². The van der Waals surface area contributed by atoms with Crippen LogP contribution in [0.1, 0.15) is 21.6 Å². The average Bonchev–Trinajstić information content (AvgIpc) is 2.78. The predicted octanol–water partition coefficient (Wildman–Crippen LogP) is 2.60. The Kier molecular flexibility index (Phi) is 5.99. The van der Waals surface area contributed by atoms with Crippen molar-refractivity contribution in [1.29, 1.82) is 0 Å². The molecule has 4 rings (SSSR count). The predicted molar refractivity (Wildman–Crippen MR) is 109 cm³/mol. The van der Waals surface area contributed by atoms with Crippen LogP contribution in [0.25, 0.3) is 0 Å². The average molecular weight is 435 g/mol. The van der Waals surface area contributed by atoms with E-state index in [4.69, 9.17) is 4.74 Å². The van der Waals surface area contributed by atoms with Crippen molar-refractivity contribution in [3.05, 3.63) is 47.2 Å². The smallest absolute Gasteiger partial charge is 0.378 e. The normalized spacial score (nSPS) is 17.7. The van der Waals surface area contributed by atoms with E-state index in [1.54, 1.807) is 0 Å². The van der Waals surface area contributed by atoms with Gasteiger partial charge < -0.3 is 19.4 Å². The van der Waals surface area contributed by atoms with Gasteiger partial charge in [0.25, 0.3) is 5.91 Å². The molecule has 0 atom stereocenters. The minimum absolute atomic E-state index is 0.301. The first-order valence-electron chi connectivity index (χ1n) is 10.2. The molecule has 0 unspecified atom stereocenters. The highest BCUT2D eigenvalue weighted by molar-refractivity contribution is 5.96. The van der Waals surface area contributed by atoms with Gasteiger partial charge in [-0.25, -0.2) is 4.98 Å². The van der Waals surface area contributed by atoms with E-state index in [0.717, 1.165) is 30.7 Å². The van der Waals surface area contributed by atoms with Crippen molar-refractivity contribution in [3.63, 3.8) is 0 Å². The lowest BCUT2D eigenvalue weighted by atomic mass is 10.1.